The summed E-state index contributed by atoms with van der Waals surface area (Å²) in [5.41, 5.74) is -0.177. The van der Waals surface area contributed by atoms with Crippen LogP contribution in [0.1, 0.15) is 34.3 Å². The fraction of sp³-hybridized carbons (Fsp3) is 0.300. The number of hydrogen-bond acceptors (Lipinski definition) is 3. The molecule has 2 aromatic carbocycles. The first-order chi connectivity index (χ1) is 12.8. The Balaban J connectivity index is 1.97. The highest BCUT2D eigenvalue weighted by Crippen LogP contribution is 2.38. The molecule has 3 rings (SSSR count). The number of carbonyl (C=O) groups is 2. The predicted molar refractivity (Wildman–Crippen MR) is 94.9 cm³/mol. The summed E-state index contributed by atoms with van der Waals surface area (Å²) >= 11 is 0. The van der Waals surface area contributed by atoms with Crippen molar-refractivity contribution in [3.05, 3.63) is 64.7 Å². The highest BCUT2D eigenvalue weighted by Gasteiger charge is 2.43. The standard InChI is InChI=1S/C20H19F2NO4/c1-12-2-4-14(11-15(12)18(24)25)23-19(26)20(6-8-27-9-7-20)16-5-3-13(21)10-17(16)22/h2-5,10-11H,6-9H2,1H3,(H,23,26)(H,24,25). The van der Waals surface area contributed by atoms with Crippen LogP contribution in [0.3, 0.4) is 0 Å². The Morgan fingerprint density at radius 2 is 1.81 bits per heavy atom. The van der Waals surface area contributed by atoms with Crippen LogP contribution in [-0.2, 0) is 14.9 Å². The largest absolute Gasteiger partial charge is 0.478 e. The Morgan fingerprint density at radius 1 is 1.11 bits per heavy atom. The molecule has 1 amide bonds. The lowest BCUT2D eigenvalue weighted by Gasteiger charge is -2.36. The van der Waals surface area contributed by atoms with Crippen molar-refractivity contribution in [2.45, 2.75) is 25.2 Å². The Hall–Kier alpha value is -2.80. The highest BCUT2D eigenvalue weighted by molar-refractivity contribution is 6.00. The van der Waals surface area contributed by atoms with Gasteiger partial charge in [-0.05, 0) is 43.5 Å². The number of nitrogens with one attached hydrogen (secondary N) is 1. The van der Waals surface area contributed by atoms with E-state index in [1.54, 1.807) is 19.1 Å². The van der Waals surface area contributed by atoms with Crippen LogP contribution in [0.2, 0.25) is 0 Å². The zero-order valence-corrected chi connectivity index (χ0v) is 14.7. The van der Waals surface area contributed by atoms with Crippen LogP contribution < -0.4 is 5.32 Å². The van der Waals surface area contributed by atoms with Crippen molar-refractivity contribution in [3.8, 4) is 0 Å². The summed E-state index contributed by atoms with van der Waals surface area (Å²) in [5, 5.41) is 11.9. The summed E-state index contributed by atoms with van der Waals surface area (Å²) in [5.74, 6) is -3.09. The summed E-state index contributed by atoms with van der Waals surface area (Å²) in [6.45, 7) is 2.18. The molecule has 2 aromatic rings. The molecule has 27 heavy (non-hydrogen) atoms. The van der Waals surface area contributed by atoms with Crippen molar-refractivity contribution in [3.63, 3.8) is 0 Å². The third-order valence-corrected chi connectivity index (χ3v) is 4.95. The van der Waals surface area contributed by atoms with E-state index in [1.807, 2.05) is 0 Å². The SMILES string of the molecule is Cc1ccc(NC(=O)C2(c3ccc(F)cc3F)CCOCC2)cc1C(=O)O. The molecule has 0 spiro atoms. The van der Waals surface area contributed by atoms with Crippen LogP contribution in [-0.4, -0.2) is 30.2 Å². The molecule has 0 bridgehead atoms. The third-order valence-electron chi connectivity index (χ3n) is 4.95. The van der Waals surface area contributed by atoms with Gasteiger partial charge in [0, 0.05) is 30.5 Å². The maximum absolute atomic E-state index is 14.5. The molecule has 0 saturated carbocycles. The lowest BCUT2D eigenvalue weighted by atomic mass is 9.73. The first-order valence-corrected chi connectivity index (χ1v) is 8.52. The zero-order chi connectivity index (χ0) is 19.6. The quantitative estimate of drug-likeness (QED) is 0.855. The summed E-state index contributed by atoms with van der Waals surface area (Å²) in [6.07, 6.45) is 0.470. The highest BCUT2D eigenvalue weighted by atomic mass is 19.1. The monoisotopic (exact) mass is 375 g/mol. The molecule has 1 heterocycles. The molecule has 2 N–H and O–H groups in total. The summed E-state index contributed by atoms with van der Waals surface area (Å²) < 4.78 is 33.1. The van der Waals surface area contributed by atoms with Gasteiger partial charge in [0.1, 0.15) is 11.6 Å². The van der Waals surface area contributed by atoms with E-state index in [2.05, 4.69) is 5.32 Å². The molecule has 1 saturated heterocycles. The smallest absolute Gasteiger partial charge is 0.336 e. The van der Waals surface area contributed by atoms with E-state index < -0.39 is 28.9 Å². The molecule has 5 nitrogen and oxygen atoms in total. The van der Waals surface area contributed by atoms with Gasteiger partial charge in [0.05, 0.1) is 11.0 Å². The molecule has 1 fully saturated rings. The van der Waals surface area contributed by atoms with Gasteiger partial charge in [0.15, 0.2) is 0 Å². The number of aromatic carboxylic acids is 1. The molecule has 0 aliphatic carbocycles. The van der Waals surface area contributed by atoms with Crippen LogP contribution >= 0.6 is 0 Å². The van der Waals surface area contributed by atoms with Gasteiger partial charge in [-0.3, -0.25) is 4.79 Å². The van der Waals surface area contributed by atoms with Gasteiger partial charge in [-0.25, -0.2) is 13.6 Å². The Kier molecular flexibility index (Phi) is 5.23. The minimum absolute atomic E-state index is 0.0711. The molecule has 7 heteroatoms. The van der Waals surface area contributed by atoms with E-state index in [4.69, 9.17) is 4.74 Å². The van der Waals surface area contributed by atoms with Crippen molar-refractivity contribution >= 4 is 17.6 Å². The van der Waals surface area contributed by atoms with Gasteiger partial charge in [0.25, 0.3) is 0 Å². The number of carbonyl (C=O) groups excluding carboxylic acids is 1. The first-order valence-electron chi connectivity index (χ1n) is 8.52. The van der Waals surface area contributed by atoms with Gasteiger partial charge in [-0.1, -0.05) is 12.1 Å². The Bertz CT molecular complexity index is 892. The van der Waals surface area contributed by atoms with E-state index in [9.17, 15) is 23.5 Å². The van der Waals surface area contributed by atoms with Gasteiger partial charge >= 0.3 is 5.97 Å². The van der Waals surface area contributed by atoms with Gasteiger partial charge in [0.2, 0.25) is 5.91 Å². The lowest BCUT2D eigenvalue weighted by Crippen LogP contribution is -2.45. The average molecular weight is 375 g/mol. The number of carboxylic acid groups (broad SMARTS) is 1. The van der Waals surface area contributed by atoms with Crippen LogP contribution in [0.25, 0.3) is 0 Å². The third kappa shape index (κ3) is 3.68. The number of aryl methyl sites for hydroxylation is 1. The molecule has 142 valence electrons. The molecule has 0 radical (unpaired) electrons. The fourth-order valence-electron chi connectivity index (χ4n) is 3.40. The number of hydrogen-bond donors (Lipinski definition) is 2. The van der Waals surface area contributed by atoms with Crippen LogP contribution in [0, 0.1) is 18.6 Å². The van der Waals surface area contributed by atoms with Crippen LogP contribution in [0.5, 0.6) is 0 Å². The number of benzene rings is 2. The molecule has 0 aromatic heterocycles. The van der Waals surface area contributed by atoms with E-state index >= 15 is 0 Å². The van der Waals surface area contributed by atoms with Crippen molar-refractivity contribution in [2.24, 2.45) is 0 Å². The first kappa shape index (κ1) is 19.0. The van der Waals surface area contributed by atoms with Crippen molar-refractivity contribution in [1.82, 2.24) is 0 Å². The van der Waals surface area contributed by atoms with Crippen LogP contribution in [0.15, 0.2) is 36.4 Å². The molecule has 0 atom stereocenters. The number of ether oxygens (including phenoxy) is 1. The number of halogens is 2. The lowest BCUT2D eigenvalue weighted by molar-refractivity contribution is -0.125. The predicted octanol–water partition coefficient (Wildman–Crippen LogP) is 3.66. The minimum atomic E-state index is -1.22. The van der Waals surface area contributed by atoms with Crippen molar-refractivity contribution in [2.75, 3.05) is 18.5 Å². The van der Waals surface area contributed by atoms with Crippen LogP contribution in [0.4, 0.5) is 14.5 Å². The molecule has 1 aliphatic heterocycles. The summed E-state index contributed by atoms with van der Waals surface area (Å²) in [7, 11) is 0. The van der Waals surface area contributed by atoms with Crippen molar-refractivity contribution < 1.29 is 28.2 Å². The molecule has 1 aliphatic rings. The van der Waals surface area contributed by atoms with Gasteiger partial charge in [-0.2, -0.15) is 0 Å². The Labute approximate surface area is 155 Å². The van der Waals surface area contributed by atoms with Gasteiger partial charge in [-0.15, -0.1) is 0 Å². The number of amides is 1. The Morgan fingerprint density at radius 3 is 2.44 bits per heavy atom. The minimum Gasteiger partial charge on any atom is -0.478 e. The van der Waals surface area contributed by atoms with E-state index in [0.29, 0.717) is 11.3 Å². The summed E-state index contributed by atoms with van der Waals surface area (Å²) in [6, 6.07) is 7.71. The zero-order valence-electron chi connectivity index (χ0n) is 14.7. The number of anilines is 1. The molecule has 0 unspecified atom stereocenters. The molecular weight excluding hydrogens is 356 g/mol. The van der Waals surface area contributed by atoms with Crippen molar-refractivity contribution in [1.29, 1.82) is 0 Å². The van der Waals surface area contributed by atoms with E-state index in [-0.39, 0.29) is 37.2 Å². The number of rotatable bonds is 4. The second-order valence-corrected chi connectivity index (χ2v) is 6.61. The normalized spacial score (nSPS) is 16.0. The molecular formula is C20H19F2NO4. The average Bonchev–Trinajstić information content (AvgIpc) is 2.63. The van der Waals surface area contributed by atoms with E-state index in [1.165, 1.54) is 12.1 Å². The topological polar surface area (TPSA) is 75.6 Å². The second-order valence-electron chi connectivity index (χ2n) is 6.61. The fourth-order valence-corrected chi connectivity index (χ4v) is 3.40. The van der Waals surface area contributed by atoms with E-state index in [0.717, 1.165) is 12.1 Å². The summed E-state index contributed by atoms with van der Waals surface area (Å²) in [4.78, 5) is 24.4. The maximum atomic E-state index is 14.5. The van der Waals surface area contributed by atoms with Gasteiger partial charge < -0.3 is 15.2 Å². The second kappa shape index (κ2) is 7.44. The maximum Gasteiger partial charge on any atom is 0.336 e. The number of carboxylic acids is 1.